The topological polar surface area (TPSA) is 106 Å². The van der Waals surface area contributed by atoms with Gasteiger partial charge in [-0.05, 0) is 50.5 Å². The summed E-state index contributed by atoms with van der Waals surface area (Å²) in [6.07, 6.45) is 0.971. The maximum absolute atomic E-state index is 9.88. The molecule has 3 rings (SSSR count). The summed E-state index contributed by atoms with van der Waals surface area (Å²) in [4.78, 5) is 10.6. The summed E-state index contributed by atoms with van der Waals surface area (Å²) < 4.78 is 5.61. The van der Waals surface area contributed by atoms with Crippen molar-refractivity contribution in [1.29, 1.82) is 0 Å². The Balaban J connectivity index is 0.00000341. The molecule has 31 heavy (non-hydrogen) atoms. The van der Waals surface area contributed by atoms with Crippen molar-refractivity contribution in [3.63, 3.8) is 0 Å². The maximum Gasteiger partial charge on any atom is 0.227 e. The van der Waals surface area contributed by atoms with E-state index < -0.39 is 6.10 Å². The van der Waals surface area contributed by atoms with Gasteiger partial charge in [-0.3, -0.25) is 0 Å². The van der Waals surface area contributed by atoms with Gasteiger partial charge < -0.3 is 26.2 Å². The summed E-state index contributed by atoms with van der Waals surface area (Å²) in [7, 11) is 3.80. The van der Waals surface area contributed by atoms with Crippen molar-refractivity contribution < 1.29 is 9.84 Å². The average Bonchev–Trinajstić information content (AvgIpc) is 2.70. The van der Waals surface area contributed by atoms with Crippen LogP contribution in [0.3, 0.4) is 0 Å². The second-order valence-electron chi connectivity index (χ2n) is 6.90. The van der Waals surface area contributed by atoms with Gasteiger partial charge in [-0.25, -0.2) is 9.97 Å². The van der Waals surface area contributed by atoms with Crippen LogP contribution in [-0.4, -0.2) is 53.3 Å². The third-order valence-corrected chi connectivity index (χ3v) is 5.08. The summed E-state index contributed by atoms with van der Waals surface area (Å²) in [5.74, 6) is 1.04. The molecular weight excluding hydrogens is 461 g/mol. The fourth-order valence-corrected chi connectivity index (χ4v) is 3.20. The zero-order valence-corrected chi connectivity index (χ0v) is 19.4. The van der Waals surface area contributed by atoms with E-state index in [0.717, 1.165) is 11.3 Å². The highest BCUT2D eigenvalue weighted by Gasteiger charge is 2.11. The van der Waals surface area contributed by atoms with Gasteiger partial charge in [-0.15, -0.1) is 0 Å². The largest absolute Gasteiger partial charge is 0.491 e. The van der Waals surface area contributed by atoms with E-state index in [1.165, 1.54) is 6.20 Å². The molecule has 7 nitrogen and oxygen atoms in total. The van der Waals surface area contributed by atoms with Crippen molar-refractivity contribution in [2.75, 3.05) is 32.6 Å². The van der Waals surface area contributed by atoms with Crippen molar-refractivity contribution >= 4 is 46.4 Å². The van der Waals surface area contributed by atoms with Gasteiger partial charge in [0, 0.05) is 17.8 Å². The van der Waals surface area contributed by atoms with Crippen LogP contribution in [0.2, 0.25) is 15.1 Å². The predicted octanol–water partition coefficient (Wildman–Crippen LogP) is 5.31. The van der Waals surface area contributed by atoms with Crippen molar-refractivity contribution in [2.45, 2.75) is 6.10 Å². The van der Waals surface area contributed by atoms with Crippen LogP contribution in [0.5, 0.6) is 5.75 Å². The Bertz CT molecular complexity index is 1000. The lowest BCUT2D eigenvalue weighted by molar-refractivity contribution is 0.0831. The van der Waals surface area contributed by atoms with E-state index in [2.05, 4.69) is 15.3 Å². The molecule has 0 saturated heterocycles. The molecule has 0 fully saturated rings. The average molecular weight is 485 g/mol. The summed E-state index contributed by atoms with van der Waals surface area (Å²) in [6.45, 7) is 0.757. The number of nitrogens with zero attached hydrogens (tertiary/aromatic N) is 3. The van der Waals surface area contributed by atoms with E-state index in [-0.39, 0.29) is 12.8 Å². The maximum atomic E-state index is 9.88. The Hall–Kier alpha value is -2.13. The number of likely N-dealkylation sites (N-methyl/N-ethyl adjacent to an activating group) is 1. The fourth-order valence-electron chi connectivity index (χ4n) is 2.70. The second kappa shape index (κ2) is 11.5. The van der Waals surface area contributed by atoms with E-state index in [9.17, 15) is 5.11 Å². The minimum atomic E-state index is -0.555. The van der Waals surface area contributed by atoms with Gasteiger partial charge in [-0.1, -0.05) is 40.9 Å². The van der Waals surface area contributed by atoms with Gasteiger partial charge in [-0.2, -0.15) is 0 Å². The van der Waals surface area contributed by atoms with E-state index in [4.69, 9.17) is 39.5 Å². The number of anilines is 2. The highest BCUT2D eigenvalue weighted by atomic mass is 35.5. The Kier molecular flexibility index (Phi) is 9.31. The zero-order chi connectivity index (χ0) is 21.7. The Morgan fingerprint density at radius 1 is 1.03 bits per heavy atom. The van der Waals surface area contributed by atoms with Crippen LogP contribution in [0.1, 0.15) is 0 Å². The van der Waals surface area contributed by atoms with Crippen LogP contribution in [0.15, 0.2) is 48.7 Å². The SMILES string of the molecule is CN(C)CC(O)COc1ccc(Nc2ncc(Cl)c(-c3ccc(Cl)c(Cl)c3)n2)cc1.N. The second-order valence-corrected chi connectivity index (χ2v) is 8.12. The van der Waals surface area contributed by atoms with Gasteiger partial charge in [0.05, 0.1) is 27.0 Å². The first kappa shape index (κ1) is 25.1. The number of aromatic nitrogens is 2. The number of benzene rings is 2. The minimum Gasteiger partial charge on any atom is -0.491 e. The smallest absolute Gasteiger partial charge is 0.227 e. The fraction of sp³-hybridized carbons (Fsp3) is 0.238. The molecule has 1 unspecified atom stereocenters. The molecule has 1 heterocycles. The molecule has 3 aromatic rings. The van der Waals surface area contributed by atoms with Crippen LogP contribution >= 0.6 is 34.8 Å². The van der Waals surface area contributed by atoms with Crippen LogP contribution in [-0.2, 0) is 0 Å². The van der Waals surface area contributed by atoms with Crippen LogP contribution in [0.4, 0.5) is 11.6 Å². The number of hydrogen-bond donors (Lipinski definition) is 3. The molecule has 10 heteroatoms. The van der Waals surface area contributed by atoms with Crippen molar-refractivity contribution in [3.8, 4) is 17.0 Å². The molecule has 0 aliphatic heterocycles. The molecule has 0 bridgehead atoms. The van der Waals surface area contributed by atoms with Gasteiger partial charge in [0.1, 0.15) is 18.5 Å². The molecule has 1 atom stereocenters. The molecular formula is C21H24Cl3N5O2. The molecule has 0 spiro atoms. The number of aliphatic hydroxyl groups excluding tert-OH is 1. The first-order chi connectivity index (χ1) is 14.3. The molecule has 166 valence electrons. The summed E-state index contributed by atoms with van der Waals surface area (Å²) in [5.41, 5.74) is 2.06. The van der Waals surface area contributed by atoms with Crippen LogP contribution in [0.25, 0.3) is 11.3 Å². The quantitative estimate of drug-likeness (QED) is 0.398. The van der Waals surface area contributed by atoms with Crippen molar-refractivity contribution in [3.05, 3.63) is 63.7 Å². The number of ether oxygens (including phenoxy) is 1. The molecule has 0 aliphatic carbocycles. The number of hydrogen-bond acceptors (Lipinski definition) is 7. The third kappa shape index (κ3) is 7.21. The Morgan fingerprint density at radius 2 is 1.74 bits per heavy atom. The van der Waals surface area contributed by atoms with Gasteiger partial charge in [0.25, 0.3) is 0 Å². The number of rotatable bonds is 8. The van der Waals surface area contributed by atoms with Gasteiger partial charge in [0.15, 0.2) is 0 Å². The van der Waals surface area contributed by atoms with Crippen LogP contribution < -0.4 is 16.2 Å². The lowest BCUT2D eigenvalue weighted by Crippen LogP contribution is -2.30. The molecule has 1 aromatic heterocycles. The minimum absolute atomic E-state index is 0. The third-order valence-electron chi connectivity index (χ3n) is 4.07. The molecule has 2 aromatic carbocycles. The molecule has 0 aliphatic rings. The van der Waals surface area contributed by atoms with Crippen molar-refractivity contribution in [1.82, 2.24) is 21.0 Å². The molecule has 5 N–H and O–H groups in total. The van der Waals surface area contributed by atoms with Crippen molar-refractivity contribution in [2.24, 2.45) is 0 Å². The normalized spacial score (nSPS) is 11.7. The van der Waals surface area contributed by atoms with E-state index in [1.807, 2.05) is 31.1 Å². The molecule has 0 amide bonds. The van der Waals surface area contributed by atoms with Crippen LogP contribution in [0, 0.1) is 0 Å². The molecule has 0 saturated carbocycles. The number of halogens is 3. The first-order valence-corrected chi connectivity index (χ1v) is 10.3. The van der Waals surface area contributed by atoms with Gasteiger partial charge >= 0.3 is 0 Å². The monoisotopic (exact) mass is 483 g/mol. The Morgan fingerprint density at radius 3 is 2.39 bits per heavy atom. The highest BCUT2D eigenvalue weighted by Crippen LogP contribution is 2.32. The van der Waals surface area contributed by atoms with E-state index in [0.29, 0.717) is 39.0 Å². The predicted molar refractivity (Wildman–Crippen MR) is 127 cm³/mol. The summed E-state index contributed by atoms with van der Waals surface area (Å²) in [6, 6.07) is 12.5. The number of aliphatic hydroxyl groups is 1. The molecule has 0 radical (unpaired) electrons. The van der Waals surface area contributed by atoms with Gasteiger partial charge in [0.2, 0.25) is 5.95 Å². The Labute approximate surface area is 196 Å². The summed E-state index contributed by atoms with van der Waals surface area (Å²) >= 11 is 18.4. The summed E-state index contributed by atoms with van der Waals surface area (Å²) in [5, 5.41) is 14.3. The lowest BCUT2D eigenvalue weighted by Gasteiger charge is -2.16. The highest BCUT2D eigenvalue weighted by molar-refractivity contribution is 6.42. The van der Waals surface area contributed by atoms with E-state index in [1.54, 1.807) is 30.3 Å². The zero-order valence-electron chi connectivity index (χ0n) is 17.1. The first-order valence-electron chi connectivity index (χ1n) is 9.12. The lowest BCUT2D eigenvalue weighted by atomic mass is 10.1. The number of nitrogens with one attached hydrogen (secondary N) is 1. The standard InChI is InChI=1S/C21H21Cl3N4O2.H3N/c1-28(2)11-15(29)12-30-16-6-4-14(5-7-16)26-21-25-10-19(24)20(27-21)13-3-8-17(22)18(23)9-13;/h3-10,15,29H,11-12H2,1-2H3,(H,25,26,27);1H3. The van der Waals surface area contributed by atoms with E-state index >= 15 is 0 Å².